The molecule has 0 radical (unpaired) electrons. The fourth-order valence-corrected chi connectivity index (χ4v) is 7.62. The highest BCUT2D eigenvalue weighted by molar-refractivity contribution is 5.99. The van der Waals surface area contributed by atoms with Gasteiger partial charge in [0.15, 0.2) is 0 Å². The van der Waals surface area contributed by atoms with Gasteiger partial charge in [-0.05, 0) is 61.6 Å². The summed E-state index contributed by atoms with van der Waals surface area (Å²) in [7, 11) is 0. The van der Waals surface area contributed by atoms with Crippen LogP contribution in [0.3, 0.4) is 0 Å². The number of rotatable bonds is 17. The second-order valence-corrected chi connectivity index (χ2v) is 17.6. The quantitative estimate of drug-likeness (QED) is 0.0703. The lowest BCUT2D eigenvalue weighted by Gasteiger charge is -2.31. The van der Waals surface area contributed by atoms with Gasteiger partial charge >= 0.3 is 0 Å². The summed E-state index contributed by atoms with van der Waals surface area (Å²) in [5, 5.41) is 29.7. The molecule has 25 heteroatoms. The van der Waals surface area contributed by atoms with E-state index < -0.39 is 164 Å². The van der Waals surface area contributed by atoms with Crippen molar-refractivity contribution in [1.82, 2.24) is 47.4 Å². The normalized spacial score (nSPS) is 23.1. The number of nitrogens with zero attached hydrogens (tertiary/aromatic N) is 1. The van der Waals surface area contributed by atoms with Crippen LogP contribution in [0.4, 0.5) is 0 Å². The number of benzene rings is 1. The highest BCUT2D eigenvalue weighted by Gasteiger charge is 2.41. The molecular weight excluding hydrogens is 905 g/mol. The van der Waals surface area contributed by atoms with E-state index >= 15 is 0 Å². The second-order valence-electron chi connectivity index (χ2n) is 17.6. The maximum atomic E-state index is 14.4. The lowest BCUT2D eigenvalue weighted by atomic mass is 9.96. The van der Waals surface area contributed by atoms with E-state index in [0.717, 1.165) is 4.90 Å². The molecule has 0 saturated carbocycles. The number of aromatic hydroxyl groups is 1. The minimum atomic E-state index is -1.82. The van der Waals surface area contributed by atoms with Crippen LogP contribution in [0.2, 0.25) is 0 Å². The summed E-state index contributed by atoms with van der Waals surface area (Å²) in [6.45, 7) is 5.76. The van der Waals surface area contributed by atoms with E-state index in [1.54, 1.807) is 27.7 Å². The lowest BCUT2D eigenvalue weighted by Crippen LogP contribution is -2.61. The first-order valence-corrected chi connectivity index (χ1v) is 22.8. The number of phenolic OH excluding ortho intramolecular Hbond substituents is 1. The molecule has 0 unspecified atom stereocenters. The first-order chi connectivity index (χ1) is 32.5. The molecule has 25 nitrogen and oxygen atoms in total. The molecular formula is C44H66N12O13. The molecule has 2 fully saturated rings. The number of primary amides is 3. The standard InChI is InChI=1S/C44H66N12O13/c1-5-23(4)37-43(68)51-26(12-14-32(45)58)39(64)53-30(19-33(46)59)40(65)52-27(13-15-35(61)48-21-36(62)50-29(41(66)55-37)18-24-8-10-25(57)11-9-24)44(69)56-16-6-7-31(56)42(67)54-28(17-22(2)3)38(63)49-20-34(47)60/h8-11,22-23,26-31,37,57H,5-7,12-21H2,1-4H3,(H2,45,58)(H2,46,59)(H2,47,60)(H,48,61)(H,49,63)(H,50,62)(H,51,68)(H,52,65)(H,53,64)(H,54,67)(H,55,66)/t23-,26-,27-,28-,29-,30-,31+,37-/m0/s1. The third-order valence-corrected chi connectivity index (χ3v) is 11.5. The number of amides is 12. The number of carbonyl (C=O) groups is 12. The van der Waals surface area contributed by atoms with Gasteiger partial charge in [-0.2, -0.15) is 0 Å². The summed E-state index contributed by atoms with van der Waals surface area (Å²) < 4.78 is 0. The van der Waals surface area contributed by atoms with Gasteiger partial charge in [0.1, 0.15) is 48.0 Å². The van der Waals surface area contributed by atoms with Gasteiger partial charge in [-0.3, -0.25) is 57.5 Å². The third kappa shape index (κ3) is 18.3. The number of hydrogen-bond donors (Lipinski definition) is 12. The Hall–Kier alpha value is -7.34. The fourth-order valence-electron chi connectivity index (χ4n) is 7.62. The van der Waals surface area contributed by atoms with Crippen LogP contribution < -0.4 is 59.7 Å². The molecule has 2 aliphatic rings. The van der Waals surface area contributed by atoms with Gasteiger partial charge in [-0.15, -0.1) is 0 Å². The van der Waals surface area contributed by atoms with Gasteiger partial charge in [0.05, 0.1) is 19.5 Å². The van der Waals surface area contributed by atoms with Crippen LogP contribution in [-0.2, 0) is 64.0 Å². The molecule has 0 bridgehead atoms. The van der Waals surface area contributed by atoms with Crippen molar-refractivity contribution in [2.24, 2.45) is 29.0 Å². The summed E-state index contributed by atoms with van der Waals surface area (Å²) in [6, 6.07) is -4.37. The minimum absolute atomic E-state index is 0.0163. The molecule has 12 amide bonds. The minimum Gasteiger partial charge on any atom is -0.508 e. The van der Waals surface area contributed by atoms with E-state index in [2.05, 4.69) is 42.5 Å². The van der Waals surface area contributed by atoms with Crippen LogP contribution in [0.15, 0.2) is 24.3 Å². The zero-order valence-corrected chi connectivity index (χ0v) is 39.2. The van der Waals surface area contributed by atoms with Gasteiger partial charge in [-0.25, -0.2) is 0 Å². The third-order valence-electron chi connectivity index (χ3n) is 11.5. The van der Waals surface area contributed by atoms with E-state index in [9.17, 15) is 62.6 Å². The Morgan fingerprint density at radius 1 is 0.768 bits per heavy atom. The second kappa shape index (κ2) is 26.9. The van der Waals surface area contributed by atoms with Gasteiger partial charge in [0.25, 0.3) is 0 Å². The molecule has 0 aliphatic carbocycles. The highest BCUT2D eigenvalue weighted by atomic mass is 16.3. The zero-order chi connectivity index (χ0) is 51.5. The van der Waals surface area contributed by atoms with Gasteiger partial charge in [0.2, 0.25) is 70.9 Å². The monoisotopic (exact) mass is 970 g/mol. The number of nitrogens with two attached hydrogens (primary N) is 3. The number of hydrogen-bond acceptors (Lipinski definition) is 13. The van der Waals surface area contributed by atoms with Crippen LogP contribution in [0, 0.1) is 11.8 Å². The van der Waals surface area contributed by atoms with Crippen LogP contribution in [0.5, 0.6) is 5.75 Å². The number of likely N-dealkylation sites (tertiary alicyclic amines) is 1. The van der Waals surface area contributed by atoms with Crippen LogP contribution >= 0.6 is 0 Å². The summed E-state index contributed by atoms with van der Waals surface area (Å²) in [4.78, 5) is 161. The maximum Gasteiger partial charge on any atom is 0.245 e. The van der Waals surface area contributed by atoms with Gasteiger partial charge in [-0.1, -0.05) is 46.2 Å². The lowest BCUT2D eigenvalue weighted by molar-refractivity contribution is -0.143. The molecule has 380 valence electrons. The molecule has 0 aromatic heterocycles. The molecule has 1 aromatic carbocycles. The van der Waals surface area contributed by atoms with E-state index in [-0.39, 0.29) is 37.5 Å². The molecule has 2 heterocycles. The summed E-state index contributed by atoms with van der Waals surface area (Å²) in [6.07, 6.45) is -1.97. The average molecular weight is 971 g/mol. The smallest absolute Gasteiger partial charge is 0.245 e. The Labute approximate surface area is 398 Å². The summed E-state index contributed by atoms with van der Waals surface area (Å²) in [5.74, 6) is -11.5. The van der Waals surface area contributed by atoms with Crippen molar-refractivity contribution in [3.63, 3.8) is 0 Å². The average Bonchev–Trinajstić information content (AvgIpc) is 3.78. The van der Waals surface area contributed by atoms with Gasteiger partial charge in [0, 0.05) is 25.8 Å². The molecule has 2 saturated heterocycles. The summed E-state index contributed by atoms with van der Waals surface area (Å²) >= 11 is 0. The van der Waals surface area contributed by atoms with Crippen molar-refractivity contribution in [3.05, 3.63) is 29.8 Å². The van der Waals surface area contributed by atoms with E-state index in [0.29, 0.717) is 18.4 Å². The molecule has 0 spiro atoms. The van der Waals surface area contributed by atoms with Crippen LogP contribution in [0.1, 0.15) is 91.0 Å². The van der Waals surface area contributed by atoms with Crippen molar-refractivity contribution in [2.75, 3.05) is 19.6 Å². The van der Waals surface area contributed by atoms with Gasteiger partial charge < -0.3 is 69.7 Å². The number of carbonyl (C=O) groups excluding carboxylic acids is 12. The SMILES string of the molecule is CC[C@H](C)[C@@H]1NC(=O)[C@H](Cc2ccc(O)cc2)NC(=O)CNC(=O)CC[C@@H](C(=O)N2CCC[C@@H]2C(=O)N[C@@H](CC(C)C)C(=O)NCC(N)=O)NC(=O)[C@H](CC(N)=O)NC(=O)[C@H](CCC(N)=O)NC1=O. The highest BCUT2D eigenvalue weighted by Crippen LogP contribution is 2.21. The molecule has 1 aromatic rings. The molecule has 2 aliphatic heterocycles. The Morgan fingerprint density at radius 3 is 2.01 bits per heavy atom. The Kier molecular flexibility index (Phi) is 21.8. The van der Waals surface area contributed by atoms with Crippen molar-refractivity contribution >= 4 is 70.9 Å². The Bertz CT molecular complexity index is 2080. The molecule has 8 atom stereocenters. The van der Waals surface area contributed by atoms with E-state index in [1.165, 1.54) is 24.3 Å². The van der Waals surface area contributed by atoms with Crippen molar-refractivity contribution in [3.8, 4) is 5.75 Å². The van der Waals surface area contributed by atoms with Crippen LogP contribution in [-0.4, -0.2) is 143 Å². The number of phenols is 1. The largest absolute Gasteiger partial charge is 0.508 e. The van der Waals surface area contributed by atoms with E-state index in [4.69, 9.17) is 17.2 Å². The predicted octanol–water partition coefficient (Wildman–Crippen LogP) is -4.42. The maximum absolute atomic E-state index is 14.4. The van der Waals surface area contributed by atoms with Crippen molar-refractivity contribution in [1.29, 1.82) is 0 Å². The predicted molar refractivity (Wildman–Crippen MR) is 244 cm³/mol. The topological polar surface area (TPSA) is 403 Å². The molecule has 69 heavy (non-hydrogen) atoms. The first-order valence-electron chi connectivity index (χ1n) is 22.8. The summed E-state index contributed by atoms with van der Waals surface area (Å²) in [5.41, 5.74) is 16.5. The zero-order valence-electron chi connectivity index (χ0n) is 39.2. The fraction of sp³-hybridized carbons (Fsp3) is 0.591. The molecule has 3 rings (SSSR count). The van der Waals surface area contributed by atoms with Crippen LogP contribution in [0.25, 0.3) is 0 Å². The van der Waals surface area contributed by atoms with Crippen molar-refractivity contribution in [2.45, 2.75) is 134 Å². The molecule has 15 N–H and O–H groups in total. The number of nitrogens with one attached hydrogen (secondary N) is 8. The van der Waals surface area contributed by atoms with E-state index in [1.807, 2.05) is 0 Å². The Morgan fingerprint density at radius 2 is 1.41 bits per heavy atom. The first kappa shape index (κ1) is 56.0. The van der Waals surface area contributed by atoms with Crippen molar-refractivity contribution < 1.29 is 62.6 Å². The Balaban J connectivity index is 2.06.